The van der Waals surface area contributed by atoms with Gasteiger partial charge in [-0.05, 0) is 31.7 Å². The molecule has 0 aromatic carbocycles. The van der Waals surface area contributed by atoms with E-state index in [1.807, 2.05) is 0 Å². The van der Waals surface area contributed by atoms with Crippen LogP contribution in [-0.2, 0) is 0 Å². The number of aliphatic hydroxyl groups excluding tert-OH is 1. The Kier molecular flexibility index (Phi) is 8.70. The fraction of sp³-hybridized carbons (Fsp3) is 1.00. The van der Waals surface area contributed by atoms with Crippen molar-refractivity contribution < 1.29 is 5.11 Å². The predicted octanol–water partition coefficient (Wildman–Crippen LogP) is 3.83. The number of rotatable bonds is 9. The standard InChI is InChI=1S/C16H33NO/c1-3-5-6-7-8-9-10-12-17-13-11-16(18)15(4-2)14-17/h15-16,18H,3-14H2,1-2H3. The lowest BCUT2D eigenvalue weighted by atomic mass is 9.92. The first-order chi connectivity index (χ1) is 8.77. The lowest BCUT2D eigenvalue weighted by Crippen LogP contribution is -2.43. The third-order valence-corrected chi connectivity index (χ3v) is 4.38. The minimum atomic E-state index is -0.0414. The monoisotopic (exact) mass is 255 g/mol. The average molecular weight is 255 g/mol. The molecule has 1 rings (SSSR count). The van der Waals surface area contributed by atoms with E-state index in [0.717, 1.165) is 25.9 Å². The molecule has 0 bridgehead atoms. The molecular weight excluding hydrogens is 222 g/mol. The zero-order valence-electron chi connectivity index (χ0n) is 12.5. The number of nitrogens with zero attached hydrogens (tertiary/aromatic N) is 1. The van der Waals surface area contributed by atoms with Crippen molar-refractivity contribution in [3.05, 3.63) is 0 Å². The molecule has 1 fully saturated rings. The molecule has 0 amide bonds. The molecule has 2 heteroatoms. The smallest absolute Gasteiger partial charge is 0.0592 e. The minimum Gasteiger partial charge on any atom is -0.393 e. The maximum atomic E-state index is 9.85. The van der Waals surface area contributed by atoms with Gasteiger partial charge in [0.1, 0.15) is 0 Å². The molecule has 0 spiro atoms. The van der Waals surface area contributed by atoms with Gasteiger partial charge in [-0.1, -0.05) is 52.4 Å². The van der Waals surface area contributed by atoms with Gasteiger partial charge in [0.2, 0.25) is 0 Å². The molecule has 108 valence electrons. The van der Waals surface area contributed by atoms with E-state index in [0.29, 0.717) is 5.92 Å². The third-order valence-electron chi connectivity index (χ3n) is 4.38. The molecule has 1 saturated heterocycles. The summed E-state index contributed by atoms with van der Waals surface area (Å²) >= 11 is 0. The van der Waals surface area contributed by atoms with Gasteiger partial charge in [0.15, 0.2) is 0 Å². The summed E-state index contributed by atoms with van der Waals surface area (Å²) in [6.45, 7) is 7.94. The highest BCUT2D eigenvalue weighted by molar-refractivity contribution is 4.78. The molecule has 0 aromatic rings. The summed E-state index contributed by atoms with van der Waals surface area (Å²) in [5.74, 6) is 0.517. The second-order valence-electron chi connectivity index (χ2n) is 5.95. The van der Waals surface area contributed by atoms with E-state index in [1.54, 1.807) is 0 Å². The van der Waals surface area contributed by atoms with Crippen LogP contribution >= 0.6 is 0 Å². The Bertz CT molecular complexity index is 196. The van der Waals surface area contributed by atoms with Crippen molar-refractivity contribution in [2.75, 3.05) is 19.6 Å². The van der Waals surface area contributed by atoms with Crippen LogP contribution in [0.3, 0.4) is 0 Å². The molecule has 1 N–H and O–H groups in total. The molecule has 1 aliphatic rings. The Morgan fingerprint density at radius 1 is 1.00 bits per heavy atom. The van der Waals surface area contributed by atoms with Crippen molar-refractivity contribution in [1.29, 1.82) is 0 Å². The van der Waals surface area contributed by atoms with Gasteiger partial charge >= 0.3 is 0 Å². The van der Waals surface area contributed by atoms with Crippen LogP contribution in [0.4, 0.5) is 0 Å². The van der Waals surface area contributed by atoms with Crippen LogP contribution in [0.2, 0.25) is 0 Å². The SMILES string of the molecule is CCCCCCCCCN1CCC(O)C(CC)C1. The van der Waals surface area contributed by atoms with E-state index >= 15 is 0 Å². The van der Waals surface area contributed by atoms with Gasteiger partial charge < -0.3 is 10.0 Å². The lowest BCUT2D eigenvalue weighted by molar-refractivity contribution is 0.0246. The zero-order chi connectivity index (χ0) is 13.2. The molecule has 1 heterocycles. The van der Waals surface area contributed by atoms with E-state index < -0.39 is 0 Å². The fourth-order valence-corrected chi connectivity index (χ4v) is 2.99. The molecule has 1 aliphatic heterocycles. The predicted molar refractivity (Wildman–Crippen MR) is 78.8 cm³/mol. The first kappa shape index (κ1) is 16.0. The van der Waals surface area contributed by atoms with Crippen LogP contribution in [0, 0.1) is 5.92 Å². The van der Waals surface area contributed by atoms with Gasteiger partial charge in [0, 0.05) is 13.1 Å². The van der Waals surface area contributed by atoms with Gasteiger partial charge in [0.05, 0.1) is 6.10 Å². The molecule has 0 aromatic heterocycles. The highest BCUT2D eigenvalue weighted by Crippen LogP contribution is 2.20. The Morgan fingerprint density at radius 3 is 2.33 bits per heavy atom. The number of piperidine rings is 1. The van der Waals surface area contributed by atoms with Crippen molar-refractivity contribution in [3.8, 4) is 0 Å². The van der Waals surface area contributed by atoms with Gasteiger partial charge in [-0.15, -0.1) is 0 Å². The van der Waals surface area contributed by atoms with Crippen molar-refractivity contribution in [2.24, 2.45) is 5.92 Å². The second-order valence-corrected chi connectivity index (χ2v) is 5.95. The first-order valence-electron chi connectivity index (χ1n) is 8.18. The van der Waals surface area contributed by atoms with Crippen molar-refractivity contribution in [2.45, 2.75) is 77.7 Å². The largest absolute Gasteiger partial charge is 0.393 e. The molecule has 2 nitrogen and oxygen atoms in total. The van der Waals surface area contributed by atoms with Crippen LogP contribution in [0.15, 0.2) is 0 Å². The van der Waals surface area contributed by atoms with Crippen LogP contribution in [0.1, 0.15) is 71.6 Å². The van der Waals surface area contributed by atoms with Gasteiger partial charge in [-0.25, -0.2) is 0 Å². The molecule has 0 saturated carbocycles. The molecule has 0 radical (unpaired) electrons. The minimum absolute atomic E-state index is 0.0414. The quantitative estimate of drug-likeness (QED) is 0.633. The number of likely N-dealkylation sites (tertiary alicyclic amines) is 1. The third kappa shape index (κ3) is 6.19. The topological polar surface area (TPSA) is 23.5 Å². The average Bonchev–Trinajstić information content (AvgIpc) is 2.39. The molecule has 0 aliphatic carbocycles. The summed E-state index contributed by atoms with van der Waals surface area (Å²) in [6, 6.07) is 0. The Labute approximate surface area is 114 Å². The summed E-state index contributed by atoms with van der Waals surface area (Å²) in [6.07, 6.45) is 11.8. The Balaban J connectivity index is 1.99. The maximum absolute atomic E-state index is 9.85. The van der Waals surface area contributed by atoms with E-state index in [2.05, 4.69) is 18.7 Å². The van der Waals surface area contributed by atoms with E-state index in [-0.39, 0.29) is 6.10 Å². The summed E-state index contributed by atoms with van der Waals surface area (Å²) in [4.78, 5) is 2.56. The summed E-state index contributed by atoms with van der Waals surface area (Å²) in [5, 5.41) is 9.85. The second kappa shape index (κ2) is 9.80. The van der Waals surface area contributed by atoms with Gasteiger partial charge in [0.25, 0.3) is 0 Å². The summed E-state index contributed by atoms with van der Waals surface area (Å²) in [7, 11) is 0. The van der Waals surface area contributed by atoms with Crippen LogP contribution < -0.4 is 0 Å². The van der Waals surface area contributed by atoms with Crippen molar-refractivity contribution >= 4 is 0 Å². The Morgan fingerprint density at radius 2 is 1.67 bits per heavy atom. The van der Waals surface area contributed by atoms with E-state index in [9.17, 15) is 5.11 Å². The van der Waals surface area contributed by atoms with Gasteiger partial charge in [-0.2, -0.15) is 0 Å². The summed E-state index contributed by atoms with van der Waals surface area (Å²) < 4.78 is 0. The van der Waals surface area contributed by atoms with E-state index in [4.69, 9.17) is 0 Å². The number of unbranched alkanes of at least 4 members (excludes halogenated alkanes) is 6. The highest BCUT2D eigenvalue weighted by Gasteiger charge is 2.25. The first-order valence-corrected chi connectivity index (χ1v) is 8.18. The molecular formula is C16H33NO. The van der Waals surface area contributed by atoms with E-state index in [1.165, 1.54) is 51.5 Å². The maximum Gasteiger partial charge on any atom is 0.0592 e. The normalized spacial score (nSPS) is 25.5. The number of hydrogen-bond donors (Lipinski definition) is 1. The lowest BCUT2D eigenvalue weighted by Gasteiger charge is -2.35. The fourth-order valence-electron chi connectivity index (χ4n) is 2.99. The zero-order valence-corrected chi connectivity index (χ0v) is 12.5. The molecule has 18 heavy (non-hydrogen) atoms. The summed E-state index contributed by atoms with van der Waals surface area (Å²) in [5.41, 5.74) is 0. The van der Waals surface area contributed by atoms with Crippen LogP contribution in [0.25, 0.3) is 0 Å². The van der Waals surface area contributed by atoms with Crippen molar-refractivity contribution in [1.82, 2.24) is 4.90 Å². The van der Waals surface area contributed by atoms with Crippen LogP contribution in [-0.4, -0.2) is 35.7 Å². The number of aliphatic hydroxyl groups is 1. The van der Waals surface area contributed by atoms with Gasteiger partial charge in [-0.3, -0.25) is 0 Å². The van der Waals surface area contributed by atoms with Crippen LogP contribution in [0.5, 0.6) is 0 Å². The Hall–Kier alpha value is -0.0800. The molecule has 2 atom stereocenters. The molecule has 2 unspecified atom stereocenters. The van der Waals surface area contributed by atoms with Crippen molar-refractivity contribution in [3.63, 3.8) is 0 Å². The number of hydrogen-bond acceptors (Lipinski definition) is 2. The highest BCUT2D eigenvalue weighted by atomic mass is 16.3.